The summed E-state index contributed by atoms with van der Waals surface area (Å²) in [5, 5.41) is 13.6. The SMILES string of the molecule is CC(=O)c1cccc(NC(=O)c2ccccc2Sc2ccc([N+](=O)[O-])cc2)c1. The number of carbonyl (C=O) groups excluding carboxylic acids is 2. The first-order valence-corrected chi connectivity index (χ1v) is 9.19. The maximum Gasteiger partial charge on any atom is 0.269 e. The molecule has 3 rings (SSSR count). The van der Waals surface area contributed by atoms with Crippen molar-refractivity contribution in [3.8, 4) is 0 Å². The van der Waals surface area contributed by atoms with Gasteiger partial charge in [0.2, 0.25) is 0 Å². The maximum atomic E-state index is 12.8. The fourth-order valence-corrected chi connectivity index (χ4v) is 3.46. The number of amides is 1. The zero-order chi connectivity index (χ0) is 20.1. The van der Waals surface area contributed by atoms with Gasteiger partial charge < -0.3 is 5.32 Å². The summed E-state index contributed by atoms with van der Waals surface area (Å²) in [5.41, 5.74) is 1.54. The van der Waals surface area contributed by atoms with Gasteiger partial charge in [0.25, 0.3) is 11.6 Å². The number of anilines is 1. The Labute approximate surface area is 165 Å². The highest BCUT2D eigenvalue weighted by atomic mass is 32.2. The van der Waals surface area contributed by atoms with E-state index in [1.54, 1.807) is 48.5 Å². The van der Waals surface area contributed by atoms with Crippen LogP contribution >= 0.6 is 11.8 Å². The smallest absolute Gasteiger partial charge is 0.269 e. The number of nitro groups is 1. The van der Waals surface area contributed by atoms with E-state index in [0.29, 0.717) is 16.8 Å². The molecule has 0 fully saturated rings. The lowest BCUT2D eigenvalue weighted by Crippen LogP contribution is -2.13. The van der Waals surface area contributed by atoms with Crippen molar-refractivity contribution in [1.82, 2.24) is 0 Å². The van der Waals surface area contributed by atoms with Crippen molar-refractivity contribution < 1.29 is 14.5 Å². The van der Waals surface area contributed by atoms with Gasteiger partial charge in [-0.1, -0.05) is 36.0 Å². The van der Waals surface area contributed by atoms with Gasteiger partial charge in [0.05, 0.1) is 10.5 Å². The van der Waals surface area contributed by atoms with Crippen LogP contribution in [0.5, 0.6) is 0 Å². The Bertz CT molecular complexity index is 1050. The number of ketones is 1. The number of non-ortho nitro benzene ring substituents is 1. The molecule has 0 aromatic heterocycles. The van der Waals surface area contributed by atoms with E-state index in [-0.39, 0.29) is 17.4 Å². The van der Waals surface area contributed by atoms with Crippen molar-refractivity contribution in [2.24, 2.45) is 0 Å². The average Bonchev–Trinajstić information content (AvgIpc) is 2.69. The van der Waals surface area contributed by atoms with Crippen LogP contribution in [0.15, 0.2) is 82.6 Å². The summed E-state index contributed by atoms with van der Waals surface area (Å²) in [5.74, 6) is -0.379. The number of benzene rings is 3. The van der Waals surface area contributed by atoms with Crippen molar-refractivity contribution in [3.05, 3.63) is 94.0 Å². The molecule has 3 aromatic carbocycles. The molecule has 1 N–H and O–H groups in total. The first kappa shape index (κ1) is 19.3. The van der Waals surface area contributed by atoms with Gasteiger partial charge in [-0.2, -0.15) is 0 Å². The van der Waals surface area contributed by atoms with Gasteiger partial charge in [0.1, 0.15) is 0 Å². The van der Waals surface area contributed by atoms with Crippen molar-refractivity contribution in [3.63, 3.8) is 0 Å². The zero-order valence-corrected chi connectivity index (χ0v) is 15.7. The van der Waals surface area contributed by atoms with Crippen molar-refractivity contribution in [2.45, 2.75) is 16.7 Å². The van der Waals surface area contributed by atoms with Gasteiger partial charge >= 0.3 is 0 Å². The molecule has 0 heterocycles. The van der Waals surface area contributed by atoms with E-state index in [0.717, 1.165) is 9.79 Å². The molecule has 0 saturated heterocycles. The normalized spacial score (nSPS) is 10.3. The molecular weight excluding hydrogens is 376 g/mol. The monoisotopic (exact) mass is 392 g/mol. The molecule has 0 spiro atoms. The van der Waals surface area contributed by atoms with Crippen LogP contribution in [0, 0.1) is 10.1 Å². The molecule has 1 amide bonds. The van der Waals surface area contributed by atoms with Gasteiger partial charge in [0, 0.05) is 33.2 Å². The van der Waals surface area contributed by atoms with Crippen LogP contribution in [0.4, 0.5) is 11.4 Å². The van der Waals surface area contributed by atoms with E-state index in [9.17, 15) is 19.7 Å². The van der Waals surface area contributed by atoms with E-state index in [1.807, 2.05) is 12.1 Å². The Hall–Kier alpha value is -3.45. The third kappa shape index (κ3) is 4.63. The number of nitrogens with zero attached hydrogens (tertiary/aromatic N) is 1. The minimum Gasteiger partial charge on any atom is -0.322 e. The predicted octanol–water partition coefficient (Wildman–Crippen LogP) is 5.20. The molecule has 140 valence electrons. The van der Waals surface area contributed by atoms with E-state index < -0.39 is 4.92 Å². The second-order valence-electron chi connectivity index (χ2n) is 5.94. The Morgan fingerprint density at radius 1 is 0.964 bits per heavy atom. The summed E-state index contributed by atoms with van der Waals surface area (Å²) in [7, 11) is 0. The molecule has 0 unspecified atom stereocenters. The number of hydrogen-bond donors (Lipinski definition) is 1. The lowest BCUT2D eigenvalue weighted by molar-refractivity contribution is -0.384. The largest absolute Gasteiger partial charge is 0.322 e. The lowest BCUT2D eigenvalue weighted by Gasteiger charge is -2.10. The molecule has 3 aromatic rings. The summed E-state index contributed by atoms with van der Waals surface area (Å²) in [4.78, 5) is 36.1. The van der Waals surface area contributed by atoms with Crippen LogP contribution in [0.2, 0.25) is 0 Å². The first-order valence-electron chi connectivity index (χ1n) is 8.38. The summed E-state index contributed by atoms with van der Waals surface area (Å²) in [6.07, 6.45) is 0. The van der Waals surface area contributed by atoms with Crippen molar-refractivity contribution in [2.75, 3.05) is 5.32 Å². The molecule has 0 aliphatic carbocycles. The van der Waals surface area contributed by atoms with E-state index in [1.165, 1.54) is 30.8 Å². The lowest BCUT2D eigenvalue weighted by atomic mass is 10.1. The van der Waals surface area contributed by atoms with E-state index >= 15 is 0 Å². The summed E-state index contributed by atoms with van der Waals surface area (Å²) >= 11 is 1.34. The quantitative estimate of drug-likeness (QED) is 0.354. The third-order valence-electron chi connectivity index (χ3n) is 3.93. The van der Waals surface area contributed by atoms with Crippen LogP contribution in [0.3, 0.4) is 0 Å². The van der Waals surface area contributed by atoms with E-state index in [2.05, 4.69) is 5.32 Å². The zero-order valence-electron chi connectivity index (χ0n) is 14.9. The summed E-state index contributed by atoms with van der Waals surface area (Å²) < 4.78 is 0. The van der Waals surface area contributed by atoms with Crippen molar-refractivity contribution >= 4 is 34.8 Å². The van der Waals surface area contributed by atoms with Crippen LogP contribution in [-0.4, -0.2) is 16.6 Å². The van der Waals surface area contributed by atoms with Gasteiger partial charge in [-0.25, -0.2) is 0 Å². The van der Waals surface area contributed by atoms with Gasteiger partial charge in [-0.3, -0.25) is 19.7 Å². The molecule has 0 radical (unpaired) electrons. The highest BCUT2D eigenvalue weighted by Crippen LogP contribution is 2.32. The van der Waals surface area contributed by atoms with Crippen LogP contribution in [0.25, 0.3) is 0 Å². The summed E-state index contributed by atoms with van der Waals surface area (Å²) in [6, 6.07) is 20.0. The minimum atomic E-state index is -0.453. The highest BCUT2D eigenvalue weighted by molar-refractivity contribution is 7.99. The fraction of sp³-hybridized carbons (Fsp3) is 0.0476. The van der Waals surface area contributed by atoms with Gasteiger partial charge in [0.15, 0.2) is 5.78 Å². The average molecular weight is 392 g/mol. The highest BCUT2D eigenvalue weighted by Gasteiger charge is 2.14. The fourth-order valence-electron chi connectivity index (χ4n) is 2.52. The van der Waals surface area contributed by atoms with E-state index in [4.69, 9.17) is 0 Å². The van der Waals surface area contributed by atoms with Gasteiger partial charge in [-0.05, 0) is 43.3 Å². The number of hydrogen-bond acceptors (Lipinski definition) is 5. The third-order valence-corrected chi connectivity index (χ3v) is 5.02. The number of rotatable bonds is 6. The molecule has 0 aliphatic rings. The Kier molecular flexibility index (Phi) is 5.86. The second-order valence-corrected chi connectivity index (χ2v) is 7.06. The molecule has 0 bridgehead atoms. The maximum absolute atomic E-state index is 12.8. The Morgan fingerprint density at radius 2 is 1.68 bits per heavy atom. The minimum absolute atomic E-state index is 0.0146. The molecule has 28 heavy (non-hydrogen) atoms. The molecule has 0 atom stereocenters. The summed E-state index contributed by atoms with van der Waals surface area (Å²) in [6.45, 7) is 1.47. The van der Waals surface area contributed by atoms with Gasteiger partial charge in [-0.15, -0.1) is 0 Å². The van der Waals surface area contributed by atoms with Crippen LogP contribution in [-0.2, 0) is 0 Å². The molecule has 0 saturated carbocycles. The molecular formula is C21H16N2O4S. The Balaban J connectivity index is 1.81. The first-order chi connectivity index (χ1) is 13.4. The standard InChI is InChI=1S/C21H16N2O4S/c1-14(24)15-5-4-6-16(13-15)22-21(25)19-7-2-3-8-20(19)28-18-11-9-17(10-12-18)23(26)27/h2-13H,1H3,(H,22,25). The number of nitro benzene ring substituents is 1. The number of nitrogens with one attached hydrogen (secondary N) is 1. The Morgan fingerprint density at radius 3 is 2.36 bits per heavy atom. The molecule has 7 heteroatoms. The number of Topliss-reactive ketones (excluding diaryl/α,β-unsaturated/α-hetero) is 1. The molecule has 6 nitrogen and oxygen atoms in total. The van der Waals surface area contributed by atoms with Crippen molar-refractivity contribution in [1.29, 1.82) is 0 Å². The predicted molar refractivity (Wildman–Crippen MR) is 108 cm³/mol. The van der Waals surface area contributed by atoms with Crippen LogP contribution < -0.4 is 5.32 Å². The second kappa shape index (κ2) is 8.49. The molecule has 0 aliphatic heterocycles. The number of carbonyl (C=O) groups is 2. The topological polar surface area (TPSA) is 89.3 Å². The van der Waals surface area contributed by atoms with Crippen LogP contribution in [0.1, 0.15) is 27.6 Å².